The molecule has 1 nitrogen and oxygen atoms in total. The van der Waals surface area contributed by atoms with Crippen LogP contribution in [0.5, 0.6) is 0 Å². The number of hydrogen-bond acceptors (Lipinski definition) is 1. The minimum atomic E-state index is -0.00583. The molecule has 1 heteroatoms. The van der Waals surface area contributed by atoms with E-state index in [9.17, 15) is 5.11 Å². The molecule has 0 aromatic heterocycles. The van der Waals surface area contributed by atoms with Crippen LogP contribution in [0.4, 0.5) is 0 Å². The second kappa shape index (κ2) is 3.38. The number of aliphatic hydroxyl groups excluding tert-OH is 1. The zero-order valence-corrected chi connectivity index (χ0v) is 7.01. The van der Waals surface area contributed by atoms with Gasteiger partial charge >= 0.3 is 0 Å². The lowest BCUT2D eigenvalue weighted by molar-refractivity contribution is 0.0738. The van der Waals surface area contributed by atoms with Crippen molar-refractivity contribution in [3.8, 4) is 0 Å². The van der Waals surface area contributed by atoms with Gasteiger partial charge in [0.15, 0.2) is 0 Å². The van der Waals surface area contributed by atoms with Gasteiger partial charge in [-0.2, -0.15) is 0 Å². The Hall–Kier alpha value is -0.0400. The summed E-state index contributed by atoms with van der Waals surface area (Å²) in [5, 5.41) is 9.38. The molecule has 0 aliphatic heterocycles. The summed E-state index contributed by atoms with van der Waals surface area (Å²) >= 11 is 0. The summed E-state index contributed by atoms with van der Waals surface area (Å²) in [6, 6.07) is 0. The van der Waals surface area contributed by atoms with Gasteiger partial charge in [-0.15, -0.1) is 0 Å². The predicted molar refractivity (Wildman–Crippen MR) is 42.8 cm³/mol. The van der Waals surface area contributed by atoms with Gasteiger partial charge in [-0.25, -0.2) is 0 Å². The number of hydrogen-bond donors (Lipinski definition) is 1. The first-order chi connectivity index (χ1) is 4.72. The highest BCUT2D eigenvalue weighted by atomic mass is 16.3. The quantitative estimate of drug-likeness (QED) is 0.595. The fourth-order valence-corrected chi connectivity index (χ4v) is 2.04. The van der Waals surface area contributed by atoms with Crippen molar-refractivity contribution < 1.29 is 5.11 Å². The summed E-state index contributed by atoms with van der Waals surface area (Å²) in [6.07, 6.45) is 4.63. The molecule has 1 rings (SSSR count). The summed E-state index contributed by atoms with van der Waals surface area (Å²) < 4.78 is 0. The molecule has 0 saturated heterocycles. The standard InChI is InChI=1S/C9H18O/c1-3-8-4-7(2)5-9(10)6-8/h7-10H,3-6H2,1-2H3/t7?,8-,9?/m0/s1. The third kappa shape index (κ3) is 1.98. The summed E-state index contributed by atoms with van der Waals surface area (Å²) in [7, 11) is 0. The topological polar surface area (TPSA) is 20.2 Å². The molecule has 1 N–H and O–H groups in total. The van der Waals surface area contributed by atoms with E-state index in [4.69, 9.17) is 0 Å². The van der Waals surface area contributed by atoms with Crippen molar-refractivity contribution in [2.24, 2.45) is 11.8 Å². The van der Waals surface area contributed by atoms with Gasteiger partial charge < -0.3 is 5.11 Å². The Kier molecular flexibility index (Phi) is 2.72. The van der Waals surface area contributed by atoms with Crippen molar-refractivity contribution in [2.75, 3.05) is 0 Å². The molecule has 1 fully saturated rings. The lowest BCUT2D eigenvalue weighted by atomic mass is 9.80. The minimum Gasteiger partial charge on any atom is -0.393 e. The molecule has 0 aromatic carbocycles. The van der Waals surface area contributed by atoms with Crippen LogP contribution >= 0.6 is 0 Å². The first-order valence-corrected chi connectivity index (χ1v) is 4.40. The second-order valence-corrected chi connectivity index (χ2v) is 3.74. The molecule has 0 bridgehead atoms. The minimum absolute atomic E-state index is 0.00583. The zero-order chi connectivity index (χ0) is 7.56. The fourth-order valence-electron chi connectivity index (χ4n) is 2.04. The molecule has 0 spiro atoms. The molecule has 2 unspecified atom stereocenters. The predicted octanol–water partition coefficient (Wildman–Crippen LogP) is 2.19. The van der Waals surface area contributed by atoms with E-state index < -0.39 is 0 Å². The maximum atomic E-state index is 9.38. The van der Waals surface area contributed by atoms with Crippen LogP contribution in [-0.4, -0.2) is 11.2 Å². The molecule has 1 aliphatic carbocycles. The highest BCUT2D eigenvalue weighted by Gasteiger charge is 2.23. The van der Waals surface area contributed by atoms with Crippen LogP contribution in [0, 0.1) is 11.8 Å². The van der Waals surface area contributed by atoms with E-state index in [1.165, 1.54) is 12.8 Å². The first-order valence-electron chi connectivity index (χ1n) is 4.40. The van der Waals surface area contributed by atoms with Gasteiger partial charge in [-0.3, -0.25) is 0 Å². The van der Waals surface area contributed by atoms with E-state index in [1.807, 2.05) is 0 Å². The summed E-state index contributed by atoms with van der Waals surface area (Å²) in [5.74, 6) is 1.53. The molecule has 0 radical (unpaired) electrons. The van der Waals surface area contributed by atoms with Crippen LogP contribution in [0.1, 0.15) is 39.5 Å². The Bertz CT molecular complexity index is 90.9. The van der Waals surface area contributed by atoms with Crippen LogP contribution in [-0.2, 0) is 0 Å². The van der Waals surface area contributed by atoms with Crippen LogP contribution in [0.25, 0.3) is 0 Å². The van der Waals surface area contributed by atoms with Gasteiger partial charge in [0.2, 0.25) is 0 Å². The maximum Gasteiger partial charge on any atom is 0.0545 e. The molecule has 1 saturated carbocycles. The second-order valence-electron chi connectivity index (χ2n) is 3.74. The van der Waals surface area contributed by atoms with E-state index in [0.717, 1.165) is 24.7 Å². The van der Waals surface area contributed by atoms with Gasteiger partial charge in [0.05, 0.1) is 6.10 Å². The molecular formula is C9H18O. The summed E-state index contributed by atoms with van der Waals surface area (Å²) in [6.45, 7) is 4.46. The molecule has 10 heavy (non-hydrogen) atoms. The summed E-state index contributed by atoms with van der Waals surface area (Å²) in [4.78, 5) is 0. The van der Waals surface area contributed by atoms with Gasteiger partial charge in [0.25, 0.3) is 0 Å². The SMILES string of the molecule is CC[C@H]1CC(C)CC(O)C1. The molecule has 1 aliphatic rings. The lowest BCUT2D eigenvalue weighted by Crippen LogP contribution is -2.24. The van der Waals surface area contributed by atoms with Crippen molar-refractivity contribution in [3.05, 3.63) is 0 Å². The highest BCUT2D eigenvalue weighted by molar-refractivity contribution is 4.75. The van der Waals surface area contributed by atoms with E-state index in [-0.39, 0.29) is 6.10 Å². The molecule has 0 heterocycles. The monoisotopic (exact) mass is 142 g/mol. The van der Waals surface area contributed by atoms with Crippen LogP contribution in [0.2, 0.25) is 0 Å². The van der Waals surface area contributed by atoms with E-state index in [2.05, 4.69) is 13.8 Å². The summed E-state index contributed by atoms with van der Waals surface area (Å²) in [5.41, 5.74) is 0. The Balaban J connectivity index is 2.35. The third-order valence-corrected chi connectivity index (χ3v) is 2.59. The lowest BCUT2D eigenvalue weighted by Gasteiger charge is -2.29. The van der Waals surface area contributed by atoms with Crippen molar-refractivity contribution in [1.29, 1.82) is 0 Å². The van der Waals surface area contributed by atoms with Crippen molar-refractivity contribution in [2.45, 2.75) is 45.6 Å². The van der Waals surface area contributed by atoms with Crippen LogP contribution in [0.15, 0.2) is 0 Å². The van der Waals surface area contributed by atoms with Crippen LogP contribution in [0.3, 0.4) is 0 Å². The molecule has 60 valence electrons. The molecular weight excluding hydrogens is 124 g/mol. The number of aliphatic hydroxyl groups is 1. The third-order valence-electron chi connectivity index (χ3n) is 2.59. The number of rotatable bonds is 1. The highest BCUT2D eigenvalue weighted by Crippen LogP contribution is 2.30. The largest absolute Gasteiger partial charge is 0.393 e. The van der Waals surface area contributed by atoms with E-state index >= 15 is 0 Å². The molecule has 0 aromatic rings. The van der Waals surface area contributed by atoms with E-state index in [0.29, 0.717) is 0 Å². The van der Waals surface area contributed by atoms with Crippen molar-refractivity contribution in [3.63, 3.8) is 0 Å². The average molecular weight is 142 g/mol. The van der Waals surface area contributed by atoms with Crippen molar-refractivity contribution >= 4 is 0 Å². The fraction of sp³-hybridized carbons (Fsp3) is 1.00. The normalized spacial score (nSPS) is 41.7. The Morgan fingerprint density at radius 3 is 2.50 bits per heavy atom. The molecule has 0 amide bonds. The van der Waals surface area contributed by atoms with Gasteiger partial charge in [0.1, 0.15) is 0 Å². The maximum absolute atomic E-state index is 9.38. The average Bonchev–Trinajstić information content (AvgIpc) is 1.85. The van der Waals surface area contributed by atoms with Gasteiger partial charge in [-0.05, 0) is 31.1 Å². The Morgan fingerprint density at radius 1 is 1.30 bits per heavy atom. The van der Waals surface area contributed by atoms with Gasteiger partial charge in [-0.1, -0.05) is 20.3 Å². The Labute approximate surface area is 63.4 Å². The Morgan fingerprint density at radius 2 is 2.00 bits per heavy atom. The van der Waals surface area contributed by atoms with Gasteiger partial charge in [0, 0.05) is 0 Å². The van der Waals surface area contributed by atoms with Crippen molar-refractivity contribution in [1.82, 2.24) is 0 Å². The smallest absolute Gasteiger partial charge is 0.0545 e. The van der Waals surface area contributed by atoms with Crippen LogP contribution < -0.4 is 0 Å². The zero-order valence-electron chi connectivity index (χ0n) is 7.01. The first kappa shape index (κ1) is 8.06. The van der Waals surface area contributed by atoms with E-state index in [1.54, 1.807) is 0 Å². The molecule has 3 atom stereocenters.